The van der Waals surface area contributed by atoms with Gasteiger partial charge in [-0.25, -0.2) is 8.78 Å². The average molecular weight is 349 g/mol. The van der Waals surface area contributed by atoms with Crippen molar-refractivity contribution in [2.75, 3.05) is 13.6 Å². The lowest BCUT2D eigenvalue weighted by atomic mass is 10.0. The molecule has 1 atom stereocenters. The molecule has 0 spiro atoms. The number of halogens is 2. The van der Waals surface area contributed by atoms with Gasteiger partial charge in [0.1, 0.15) is 17.4 Å². The summed E-state index contributed by atoms with van der Waals surface area (Å²) in [4.78, 5) is 16.4. The Morgan fingerprint density at radius 1 is 1.36 bits per heavy atom. The fraction of sp³-hybridized carbons (Fsp3) is 0.444. The number of likely N-dealkylation sites (N-methyl/N-ethyl adjacent to an activating group) is 1. The van der Waals surface area contributed by atoms with Gasteiger partial charge in [0.25, 0.3) is 0 Å². The van der Waals surface area contributed by atoms with Crippen molar-refractivity contribution in [3.63, 3.8) is 0 Å². The number of hydrogen-bond donors (Lipinski definition) is 0. The van der Waals surface area contributed by atoms with E-state index in [0.717, 1.165) is 30.4 Å². The predicted molar refractivity (Wildman–Crippen MR) is 87.5 cm³/mol. The first-order valence-electron chi connectivity index (χ1n) is 8.29. The maximum Gasteiger partial charge on any atom is 0.240 e. The molecular formula is C18H21F2N3O2. The van der Waals surface area contributed by atoms with E-state index in [2.05, 4.69) is 5.16 Å². The van der Waals surface area contributed by atoms with Crippen LogP contribution in [0.5, 0.6) is 0 Å². The van der Waals surface area contributed by atoms with E-state index in [4.69, 9.17) is 4.52 Å². The predicted octanol–water partition coefficient (Wildman–Crippen LogP) is 2.88. The minimum absolute atomic E-state index is 0.0438. The molecule has 134 valence electrons. The molecule has 2 aromatic rings. The summed E-state index contributed by atoms with van der Waals surface area (Å²) in [5.41, 5.74) is 1.10. The minimum atomic E-state index is -0.624. The summed E-state index contributed by atoms with van der Waals surface area (Å²) in [5, 5.41) is 3.96. The second kappa shape index (κ2) is 7.31. The highest BCUT2D eigenvalue weighted by Gasteiger charge is 2.32. The SMILES string of the molecule is Cc1cc(CN(C)C2CCCN(Cc3ccc(F)cc3F)C2=O)no1. The van der Waals surface area contributed by atoms with E-state index in [1.807, 2.05) is 24.9 Å². The van der Waals surface area contributed by atoms with E-state index < -0.39 is 11.6 Å². The number of hydrogen-bond acceptors (Lipinski definition) is 4. The molecule has 1 aromatic heterocycles. The van der Waals surface area contributed by atoms with Gasteiger partial charge in [0.2, 0.25) is 5.91 Å². The van der Waals surface area contributed by atoms with Crippen molar-refractivity contribution in [3.05, 3.63) is 52.9 Å². The van der Waals surface area contributed by atoms with Crippen LogP contribution in [-0.4, -0.2) is 40.5 Å². The van der Waals surface area contributed by atoms with Crippen LogP contribution in [0.2, 0.25) is 0 Å². The largest absolute Gasteiger partial charge is 0.361 e. The van der Waals surface area contributed by atoms with Crippen LogP contribution < -0.4 is 0 Å². The Bertz CT molecular complexity index is 763. The molecule has 1 aliphatic heterocycles. The summed E-state index contributed by atoms with van der Waals surface area (Å²) in [6, 6.07) is 5.01. The Labute approximate surface area is 145 Å². The summed E-state index contributed by atoms with van der Waals surface area (Å²) in [5.74, 6) is -0.558. The van der Waals surface area contributed by atoms with E-state index in [1.54, 1.807) is 4.90 Å². The van der Waals surface area contributed by atoms with E-state index in [9.17, 15) is 13.6 Å². The number of nitrogens with zero attached hydrogens (tertiary/aromatic N) is 3. The molecule has 2 heterocycles. The highest BCUT2D eigenvalue weighted by Crippen LogP contribution is 2.21. The topological polar surface area (TPSA) is 49.6 Å². The molecule has 1 saturated heterocycles. The van der Waals surface area contributed by atoms with Crippen molar-refractivity contribution in [1.29, 1.82) is 0 Å². The van der Waals surface area contributed by atoms with Crippen LogP contribution in [0.1, 0.15) is 29.9 Å². The van der Waals surface area contributed by atoms with Crippen LogP contribution in [-0.2, 0) is 17.9 Å². The maximum absolute atomic E-state index is 13.9. The first-order valence-corrected chi connectivity index (χ1v) is 8.29. The fourth-order valence-electron chi connectivity index (χ4n) is 3.20. The number of carbonyl (C=O) groups excluding carboxylic acids is 1. The van der Waals surface area contributed by atoms with Crippen molar-refractivity contribution in [1.82, 2.24) is 15.0 Å². The van der Waals surface area contributed by atoms with Crippen LogP contribution in [0.25, 0.3) is 0 Å². The summed E-state index contributed by atoms with van der Waals surface area (Å²) in [7, 11) is 1.87. The number of amides is 1. The number of aryl methyl sites for hydroxylation is 1. The van der Waals surface area contributed by atoms with Crippen molar-refractivity contribution < 1.29 is 18.1 Å². The summed E-state index contributed by atoms with van der Waals surface area (Å²) in [6.45, 7) is 3.05. The maximum atomic E-state index is 13.9. The molecule has 7 heteroatoms. The molecule has 0 N–H and O–H groups in total. The molecule has 25 heavy (non-hydrogen) atoms. The zero-order valence-electron chi connectivity index (χ0n) is 14.3. The molecule has 1 unspecified atom stereocenters. The molecule has 5 nitrogen and oxygen atoms in total. The minimum Gasteiger partial charge on any atom is -0.361 e. The van der Waals surface area contributed by atoms with E-state index in [-0.39, 0.29) is 18.5 Å². The summed E-state index contributed by atoms with van der Waals surface area (Å²) < 4.78 is 32.0. The van der Waals surface area contributed by atoms with E-state index in [0.29, 0.717) is 18.7 Å². The quantitative estimate of drug-likeness (QED) is 0.833. The van der Waals surface area contributed by atoms with Gasteiger partial charge in [0, 0.05) is 37.3 Å². The van der Waals surface area contributed by atoms with Crippen molar-refractivity contribution >= 4 is 5.91 Å². The van der Waals surface area contributed by atoms with E-state index in [1.165, 1.54) is 12.1 Å². The lowest BCUT2D eigenvalue weighted by molar-refractivity contribution is -0.140. The zero-order chi connectivity index (χ0) is 18.0. The van der Waals surface area contributed by atoms with Gasteiger partial charge in [-0.3, -0.25) is 9.69 Å². The normalized spacial score (nSPS) is 18.2. The Morgan fingerprint density at radius 2 is 2.16 bits per heavy atom. The van der Waals surface area contributed by atoms with Crippen molar-refractivity contribution in [2.45, 2.75) is 38.9 Å². The molecule has 0 saturated carbocycles. The molecular weight excluding hydrogens is 328 g/mol. The Kier molecular flexibility index (Phi) is 5.13. The number of aromatic nitrogens is 1. The molecule has 3 rings (SSSR count). The second-order valence-electron chi connectivity index (χ2n) is 6.50. The van der Waals surface area contributed by atoms with Crippen LogP contribution in [0.4, 0.5) is 8.78 Å². The molecule has 0 bridgehead atoms. The number of piperidine rings is 1. The molecule has 1 aliphatic rings. The molecule has 0 aliphatic carbocycles. The average Bonchev–Trinajstić information content (AvgIpc) is 2.96. The van der Waals surface area contributed by atoms with E-state index >= 15 is 0 Å². The van der Waals surface area contributed by atoms with Gasteiger partial charge in [-0.15, -0.1) is 0 Å². The number of likely N-dealkylation sites (tertiary alicyclic amines) is 1. The smallest absolute Gasteiger partial charge is 0.240 e. The number of benzene rings is 1. The summed E-state index contributed by atoms with van der Waals surface area (Å²) in [6.07, 6.45) is 1.58. The van der Waals surface area contributed by atoms with Gasteiger partial charge < -0.3 is 9.42 Å². The Balaban J connectivity index is 1.67. The molecule has 1 aromatic carbocycles. The zero-order valence-corrected chi connectivity index (χ0v) is 14.3. The first-order chi connectivity index (χ1) is 11.9. The van der Waals surface area contributed by atoms with Gasteiger partial charge in [-0.1, -0.05) is 11.2 Å². The van der Waals surface area contributed by atoms with Crippen LogP contribution in [0.3, 0.4) is 0 Å². The van der Waals surface area contributed by atoms with Crippen molar-refractivity contribution in [3.8, 4) is 0 Å². The number of rotatable bonds is 5. The van der Waals surface area contributed by atoms with Crippen LogP contribution >= 0.6 is 0 Å². The van der Waals surface area contributed by atoms with Crippen LogP contribution in [0.15, 0.2) is 28.8 Å². The molecule has 1 fully saturated rings. The van der Waals surface area contributed by atoms with Gasteiger partial charge >= 0.3 is 0 Å². The lowest BCUT2D eigenvalue weighted by Crippen LogP contribution is -2.50. The molecule has 1 amide bonds. The molecule has 0 radical (unpaired) electrons. The Hall–Kier alpha value is -2.28. The van der Waals surface area contributed by atoms with Crippen molar-refractivity contribution in [2.24, 2.45) is 0 Å². The van der Waals surface area contributed by atoms with Gasteiger partial charge in [0.05, 0.1) is 11.7 Å². The highest BCUT2D eigenvalue weighted by molar-refractivity contribution is 5.82. The van der Waals surface area contributed by atoms with Crippen LogP contribution in [0, 0.1) is 18.6 Å². The van der Waals surface area contributed by atoms with Gasteiger partial charge in [-0.05, 0) is 32.9 Å². The first kappa shape index (κ1) is 17.5. The number of carbonyl (C=O) groups is 1. The summed E-state index contributed by atoms with van der Waals surface area (Å²) >= 11 is 0. The third-order valence-corrected chi connectivity index (χ3v) is 4.50. The monoisotopic (exact) mass is 349 g/mol. The lowest BCUT2D eigenvalue weighted by Gasteiger charge is -2.36. The third-order valence-electron chi connectivity index (χ3n) is 4.50. The Morgan fingerprint density at radius 3 is 2.84 bits per heavy atom. The second-order valence-corrected chi connectivity index (χ2v) is 6.50. The van der Waals surface area contributed by atoms with Gasteiger partial charge in [-0.2, -0.15) is 0 Å². The highest BCUT2D eigenvalue weighted by atomic mass is 19.1. The fourth-order valence-corrected chi connectivity index (χ4v) is 3.20. The standard InChI is InChI=1S/C18H21F2N3O2/c1-12-8-15(21-25-12)11-22(2)17-4-3-7-23(18(17)24)10-13-5-6-14(19)9-16(13)20/h5-6,8-9,17H,3-4,7,10-11H2,1-2H3. The van der Waals surface area contributed by atoms with Gasteiger partial charge in [0.15, 0.2) is 0 Å². The third kappa shape index (κ3) is 4.04.